The first-order valence-corrected chi connectivity index (χ1v) is 3.90. The van der Waals surface area contributed by atoms with Gasteiger partial charge in [0.15, 0.2) is 0 Å². The molecule has 0 radical (unpaired) electrons. The van der Waals surface area contributed by atoms with Crippen LogP contribution in [0.4, 0.5) is 0 Å². The Kier molecular flexibility index (Phi) is 3.59. The van der Waals surface area contributed by atoms with Crippen LogP contribution in [0.25, 0.3) is 0 Å². The zero-order valence-electron chi connectivity index (χ0n) is 7.88. The van der Waals surface area contributed by atoms with Crippen LogP contribution in [0.5, 0.6) is 0 Å². The van der Waals surface area contributed by atoms with Crippen LogP contribution >= 0.6 is 0 Å². The number of carboxylic acid groups (broad SMARTS) is 1. The van der Waals surface area contributed by atoms with Gasteiger partial charge in [0, 0.05) is 6.92 Å². The van der Waals surface area contributed by atoms with Gasteiger partial charge >= 0.3 is 5.97 Å². The summed E-state index contributed by atoms with van der Waals surface area (Å²) in [5, 5.41) is 10.8. The molecule has 0 aromatic rings. The van der Waals surface area contributed by atoms with Crippen molar-refractivity contribution < 1.29 is 19.5 Å². The number of ketones is 1. The second kappa shape index (κ2) is 4.02. The molecule has 1 amide bonds. The minimum absolute atomic E-state index is 0.248. The van der Waals surface area contributed by atoms with Crippen LogP contribution in [-0.4, -0.2) is 28.3 Å². The molecule has 0 heterocycles. The molecule has 0 saturated heterocycles. The van der Waals surface area contributed by atoms with Gasteiger partial charge in [0.05, 0.1) is 0 Å². The summed E-state index contributed by atoms with van der Waals surface area (Å²) in [5.74, 6) is -2.94. The van der Waals surface area contributed by atoms with E-state index in [0.717, 1.165) is 0 Å². The van der Waals surface area contributed by atoms with Crippen LogP contribution in [0.2, 0.25) is 0 Å². The van der Waals surface area contributed by atoms with E-state index in [4.69, 9.17) is 5.11 Å². The Morgan fingerprint density at radius 2 is 1.85 bits per heavy atom. The predicted molar refractivity (Wildman–Crippen MR) is 45.2 cm³/mol. The van der Waals surface area contributed by atoms with E-state index in [-0.39, 0.29) is 6.42 Å². The zero-order chi connectivity index (χ0) is 10.6. The number of nitrogens with one attached hydrogen (secondary N) is 1. The molecule has 0 aromatic heterocycles. The van der Waals surface area contributed by atoms with E-state index in [1.165, 1.54) is 13.8 Å². The van der Waals surface area contributed by atoms with Crippen LogP contribution in [0, 0.1) is 0 Å². The lowest BCUT2D eigenvalue weighted by atomic mass is 9.93. The first kappa shape index (κ1) is 11.6. The molecule has 2 N–H and O–H groups in total. The average molecular weight is 187 g/mol. The summed E-state index contributed by atoms with van der Waals surface area (Å²) in [6.45, 7) is 4.27. The molecule has 1 unspecified atom stereocenters. The third-order valence-corrected chi connectivity index (χ3v) is 1.85. The van der Waals surface area contributed by atoms with E-state index in [0.29, 0.717) is 0 Å². The van der Waals surface area contributed by atoms with Crippen LogP contribution in [-0.2, 0) is 14.4 Å². The van der Waals surface area contributed by atoms with Gasteiger partial charge in [-0.3, -0.25) is 9.59 Å². The van der Waals surface area contributed by atoms with Gasteiger partial charge < -0.3 is 10.4 Å². The first-order valence-electron chi connectivity index (χ1n) is 3.90. The highest BCUT2D eigenvalue weighted by Gasteiger charge is 2.36. The van der Waals surface area contributed by atoms with Crippen molar-refractivity contribution in [2.75, 3.05) is 0 Å². The third-order valence-electron chi connectivity index (χ3n) is 1.85. The van der Waals surface area contributed by atoms with E-state index in [9.17, 15) is 14.4 Å². The van der Waals surface area contributed by atoms with Crippen LogP contribution in [0.15, 0.2) is 0 Å². The Bertz CT molecular complexity index is 249. The fourth-order valence-electron chi connectivity index (χ4n) is 0.930. The van der Waals surface area contributed by atoms with Crippen molar-refractivity contribution in [3.63, 3.8) is 0 Å². The number of hydrogen-bond donors (Lipinski definition) is 2. The van der Waals surface area contributed by atoms with E-state index >= 15 is 0 Å². The summed E-state index contributed by atoms with van der Waals surface area (Å²) in [6.07, 6.45) is 0.248. The van der Waals surface area contributed by atoms with Crippen molar-refractivity contribution in [1.82, 2.24) is 5.32 Å². The number of Topliss-reactive ketones (excluding diaryl/α,β-unsaturated/α-hetero) is 1. The Morgan fingerprint density at radius 1 is 1.38 bits per heavy atom. The average Bonchev–Trinajstić information content (AvgIpc) is 2.01. The SMILES string of the molecule is CCC(C)(NC(C)=O)C(=O)C(=O)O. The molecule has 0 aliphatic carbocycles. The van der Waals surface area contributed by atoms with Crippen molar-refractivity contribution in [2.45, 2.75) is 32.7 Å². The van der Waals surface area contributed by atoms with Gasteiger partial charge in [-0.25, -0.2) is 4.79 Å². The summed E-state index contributed by atoms with van der Waals surface area (Å²) in [4.78, 5) is 32.2. The van der Waals surface area contributed by atoms with Crippen molar-refractivity contribution in [3.8, 4) is 0 Å². The zero-order valence-corrected chi connectivity index (χ0v) is 7.88. The van der Waals surface area contributed by atoms with Crippen molar-refractivity contribution in [2.24, 2.45) is 0 Å². The molecule has 1 atom stereocenters. The van der Waals surface area contributed by atoms with Gasteiger partial charge in [0.25, 0.3) is 5.78 Å². The fourth-order valence-corrected chi connectivity index (χ4v) is 0.930. The summed E-state index contributed by atoms with van der Waals surface area (Å²) in [7, 11) is 0. The number of carboxylic acids is 1. The number of aliphatic carboxylic acids is 1. The van der Waals surface area contributed by atoms with Gasteiger partial charge in [-0.15, -0.1) is 0 Å². The molecule has 0 aliphatic rings. The predicted octanol–water partition coefficient (Wildman–Crippen LogP) is -0.0551. The Hall–Kier alpha value is -1.39. The quantitative estimate of drug-likeness (QED) is 0.604. The molecule has 0 aromatic carbocycles. The number of amides is 1. The monoisotopic (exact) mass is 187 g/mol. The molecule has 0 aliphatic heterocycles. The first-order chi connectivity index (χ1) is 5.83. The lowest BCUT2D eigenvalue weighted by Crippen LogP contribution is -2.53. The summed E-state index contributed by atoms with van der Waals surface area (Å²) >= 11 is 0. The molecular formula is C8H13NO4. The molecule has 0 spiro atoms. The highest BCUT2D eigenvalue weighted by molar-refractivity contribution is 6.36. The maximum absolute atomic E-state index is 11.1. The largest absolute Gasteiger partial charge is 0.475 e. The van der Waals surface area contributed by atoms with Crippen LogP contribution in [0.3, 0.4) is 0 Å². The summed E-state index contributed by atoms with van der Waals surface area (Å²) in [5.41, 5.74) is -1.29. The maximum Gasteiger partial charge on any atom is 0.374 e. The van der Waals surface area contributed by atoms with Gasteiger partial charge in [0.1, 0.15) is 5.54 Å². The van der Waals surface area contributed by atoms with Gasteiger partial charge in [-0.1, -0.05) is 6.92 Å². The Morgan fingerprint density at radius 3 is 2.08 bits per heavy atom. The van der Waals surface area contributed by atoms with Crippen molar-refractivity contribution in [3.05, 3.63) is 0 Å². The topological polar surface area (TPSA) is 83.5 Å². The lowest BCUT2D eigenvalue weighted by molar-refractivity contribution is -0.152. The fraction of sp³-hybridized carbons (Fsp3) is 0.625. The summed E-state index contributed by atoms with van der Waals surface area (Å²) in [6, 6.07) is 0. The Labute approximate surface area is 76.1 Å². The minimum Gasteiger partial charge on any atom is -0.475 e. The molecule has 0 bridgehead atoms. The smallest absolute Gasteiger partial charge is 0.374 e. The number of carbonyl (C=O) groups excluding carboxylic acids is 2. The van der Waals surface area contributed by atoms with E-state index in [2.05, 4.69) is 5.32 Å². The molecule has 5 heteroatoms. The van der Waals surface area contributed by atoms with Crippen LogP contribution < -0.4 is 5.32 Å². The number of carbonyl (C=O) groups is 3. The normalized spacial score (nSPS) is 14.4. The second-order valence-electron chi connectivity index (χ2n) is 3.00. The van der Waals surface area contributed by atoms with E-state index < -0.39 is 23.2 Å². The van der Waals surface area contributed by atoms with E-state index in [1.54, 1.807) is 6.92 Å². The Balaban J connectivity index is 4.72. The molecule has 13 heavy (non-hydrogen) atoms. The third kappa shape index (κ3) is 2.85. The molecular weight excluding hydrogens is 174 g/mol. The maximum atomic E-state index is 11.1. The molecule has 0 saturated carbocycles. The molecule has 5 nitrogen and oxygen atoms in total. The van der Waals surface area contributed by atoms with E-state index in [1.807, 2.05) is 0 Å². The van der Waals surface area contributed by atoms with Gasteiger partial charge in [-0.05, 0) is 13.3 Å². The van der Waals surface area contributed by atoms with Gasteiger partial charge in [-0.2, -0.15) is 0 Å². The van der Waals surface area contributed by atoms with Crippen LogP contribution in [0.1, 0.15) is 27.2 Å². The van der Waals surface area contributed by atoms with Crippen molar-refractivity contribution in [1.29, 1.82) is 0 Å². The minimum atomic E-state index is -1.53. The molecule has 0 rings (SSSR count). The molecule has 74 valence electrons. The highest BCUT2D eigenvalue weighted by atomic mass is 16.4. The summed E-state index contributed by atoms with van der Waals surface area (Å²) < 4.78 is 0. The highest BCUT2D eigenvalue weighted by Crippen LogP contribution is 2.10. The van der Waals surface area contributed by atoms with Crippen molar-refractivity contribution >= 4 is 17.7 Å². The van der Waals surface area contributed by atoms with Gasteiger partial charge in [0.2, 0.25) is 5.91 Å². The number of rotatable bonds is 4. The molecule has 0 fully saturated rings. The standard InChI is InChI=1S/C8H13NO4/c1-4-8(3,9-5(2)10)6(11)7(12)13/h4H2,1-3H3,(H,9,10)(H,12,13). The lowest BCUT2D eigenvalue weighted by Gasteiger charge is -2.25. The number of hydrogen-bond acceptors (Lipinski definition) is 3. The second-order valence-corrected chi connectivity index (χ2v) is 3.00.